The van der Waals surface area contributed by atoms with Gasteiger partial charge in [-0.2, -0.15) is 5.10 Å². The number of rotatable bonds is 9. The second kappa shape index (κ2) is 8.68. The third-order valence-corrected chi connectivity index (χ3v) is 4.48. The first-order valence-electron chi connectivity index (χ1n) is 8.08. The molecule has 1 aromatic heterocycles. The Kier molecular flexibility index (Phi) is 7.60. The lowest BCUT2D eigenvalue weighted by molar-refractivity contribution is 0.354. The molecule has 2 N–H and O–H groups in total. The molecule has 0 bridgehead atoms. The van der Waals surface area contributed by atoms with Gasteiger partial charge < -0.3 is 5.73 Å². The molecule has 0 aliphatic rings. The van der Waals surface area contributed by atoms with Crippen LogP contribution in [0.2, 0.25) is 5.02 Å². The van der Waals surface area contributed by atoms with Gasteiger partial charge in [-0.3, -0.25) is 4.68 Å². The fraction of sp³-hybridized carbons (Fsp3) is 0.812. The molecule has 1 aromatic rings. The molecule has 1 unspecified atom stereocenters. The minimum Gasteiger partial charge on any atom is -0.327 e. The predicted molar refractivity (Wildman–Crippen MR) is 87.3 cm³/mol. The number of nitrogens with two attached hydrogens (primary N) is 1. The van der Waals surface area contributed by atoms with Gasteiger partial charge in [0.1, 0.15) is 0 Å². The van der Waals surface area contributed by atoms with Crippen LogP contribution >= 0.6 is 11.6 Å². The number of hydrogen-bond donors (Lipinski definition) is 1. The van der Waals surface area contributed by atoms with Crippen LogP contribution in [-0.2, 0) is 19.4 Å². The second-order valence-electron chi connectivity index (χ2n) is 5.58. The summed E-state index contributed by atoms with van der Waals surface area (Å²) >= 11 is 6.47. The molecule has 0 amide bonds. The van der Waals surface area contributed by atoms with E-state index in [2.05, 4.69) is 32.8 Å². The van der Waals surface area contributed by atoms with Crippen molar-refractivity contribution in [3.05, 3.63) is 16.4 Å². The molecule has 0 saturated heterocycles. The molecule has 0 aliphatic heterocycles. The molecule has 0 aromatic carbocycles. The normalized spacial score (nSPS) is 13.2. The molecule has 116 valence electrons. The topological polar surface area (TPSA) is 43.8 Å². The Morgan fingerprint density at radius 1 is 1.15 bits per heavy atom. The summed E-state index contributed by atoms with van der Waals surface area (Å²) in [6.45, 7) is 9.51. The van der Waals surface area contributed by atoms with Crippen molar-refractivity contribution in [2.24, 2.45) is 11.7 Å². The molecule has 1 rings (SSSR count). The third kappa shape index (κ3) is 4.23. The van der Waals surface area contributed by atoms with Gasteiger partial charge in [0.05, 0.1) is 16.4 Å². The van der Waals surface area contributed by atoms with Crippen LogP contribution in [0.5, 0.6) is 0 Å². The summed E-state index contributed by atoms with van der Waals surface area (Å²) in [5, 5.41) is 5.41. The quantitative estimate of drug-likeness (QED) is 0.742. The van der Waals surface area contributed by atoms with Crippen molar-refractivity contribution in [3.8, 4) is 0 Å². The summed E-state index contributed by atoms with van der Waals surface area (Å²) < 4.78 is 2.02. The minimum atomic E-state index is 0.180. The zero-order chi connectivity index (χ0) is 15.1. The summed E-state index contributed by atoms with van der Waals surface area (Å²) in [6, 6.07) is 0.180. The van der Waals surface area contributed by atoms with Crippen molar-refractivity contribution < 1.29 is 0 Å². The van der Waals surface area contributed by atoms with Gasteiger partial charge in [0.15, 0.2) is 0 Å². The molecule has 1 atom stereocenters. The Balaban J connectivity index is 2.87. The number of aromatic nitrogens is 2. The van der Waals surface area contributed by atoms with E-state index in [1.807, 2.05) is 4.68 Å². The van der Waals surface area contributed by atoms with Gasteiger partial charge in [-0.05, 0) is 32.1 Å². The van der Waals surface area contributed by atoms with Gasteiger partial charge in [-0.1, -0.05) is 45.2 Å². The monoisotopic (exact) mass is 299 g/mol. The molecule has 0 spiro atoms. The van der Waals surface area contributed by atoms with Crippen molar-refractivity contribution in [2.45, 2.75) is 78.8 Å². The lowest BCUT2D eigenvalue weighted by atomic mass is 9.88. The fourth-order valence-electron chi connectivity index (χ4n) is 2.92. The largest absolute Gasteiger partial charge is 0.327 e. The van der Waals surface area contributed by atoms with Gasteiger partial charge >= 0.3 is 0 Å². The SMILES string of the molecule is CCCC(CCC)C(N)Cc1c(Cl)c(CC)nn1CC. The van der Waals surface area contributed by atoms with Crippen LogP contribution in [0.25, 0.3) is 0 Å². The lowest BCUT2D eigenvalue weighted by Crippen LogP contribution is -2.33. The third-order valence-electron chi connectivity index (χ3n) is 4.05. The van der Waals surface area contributed by atoms with E-state index in [0.717, 1.165) is 35.8 Å². The number of aryl methyl sites for hydroxylation is 2. The van der Waals surface area contributed by atoms with Crippen molar-refractivity contribution >= 4 is 11.6 Å². The van der Waals surface area contributed by atoms with Crippen molar-refractivity contribution in [2.75, 3.05) is 0 Å². The van der Waals surface area contributed by atoms with E-state index < -0.39 is 0 Å². The van der Waals surface area contributed by atoms with Gasteiger partial charge in [0.2, 0.25) is 0 Å². The maximum atomic E-state index is 6.47. The van der Waals surface area contributed by atoms with E-state index in [1.165, 1.54) is 25.7 Å². The van der Waals surface area contributed by atoms with E-state index in [9.17, 15) is 0 Å². The van der Waals surface area contributed by atoms with Gasteiger partial charge in [-0.15, -0.1) is 0 Å². The first kappa shape index (κ1) is 17.5. The average molecular weight is 300 g/mol. The highest BCUT2D eigenvalue weighted by Crippen LogP contribution is 2.26. The summed E-state index contributed by atoms with van der Waals surface area (Å²) in [5.74, 6) is 0.589. The molecule has 0 fully saturated rings. The molecular weight excluding hydrogens is 270 g/mol. The van der Waals surface area contributed by atoms with Crippen LogP contribution in [-0.4, -0.2) is 15.8 Å². The maximum Gasteiger partial charge on any atom is 0.0850 e. The predicted octanol–water partition coefficient (Wildman–Crippen LogP) is 4.21. The molecule has 3 nitrogen and oxygen atoms in total. The Bertz CT molecular complexity index is 395. The highest BCUT2D eigenvalue weighted by Gasteiger charge is 2.21. The van der Waals surface area contributed by atoms with E-state index in [-0.39, 0.29) is 6.04 Å². The van der Waals surface area contributed by atoms with Gasteiger partial charge in [0, 0.05) is 19.0 Å². The fourth-order valence-corrected chi connectivity index (χ4v) is 3.26. The van der Waals surface area contributed by atoms with Crippen molar-refractivity contribution in [1.29, 1.82) is 0 Å². The number of nitrogens with zero attached hydrogens (tertiary/aromatic N) is 2. The van der Waals surface area contributed by atoms with E-state index in [0.29, 0.717) is 5.92 Å². The highest BCUT2D eigenvalue weighted by molar-refractivity contribution is 6.31. The van der Waals surface area contributed by atoms with Crippen LogP contribution in [0, 0.1) is 5.92 Å². The molecular formula is C16H30ClN3. The zero-order valence-corrected chi connectivity index (χ0v) is 14.2. The lowest BCUT2D eigenvalue weighted by Gasteiger charge is -2.23. The zero-order valence-electron chi connectivity index (χ0n) is 13.5. The van der Waals surface area contributed by atoms with Crippen LogP contribution < -0.4 is 5.73 Å². The van der Waals surface area contributed by atoms with Gasteiger partial charge in [0.25, 0.3) is 0 Å². The molecule has 20 heavy (non-hydrogen) atoms. The summed E-state index contributed by atoms with van der Waals surface area (Å²) in [7, 11) is 0. The second-order valence-corrected chi connectivity index (χ2v) is 5.96. The molecule has 0 saturated carbocycles. The Morgan fingerprint density at radius 2 is 1.75 bits per heavy atom. The maximum absolute atomic E-state index is 6.47. The smallest absolute Gasteiger partial charge is 0.0850 e. The minimum absolute atomic E-state index is 0.180. The molecule has 0 radical (unpaired) electrons. The number of hydrogen-bond acceptors (Lipinski definition) is 2. The Morgan fingerprint density at radius 3 is 2.20 bits per heavy atom. The summed E-state index contributed by atoms with van der Waals surface area (Å²) in [6.07, 6.45) is 6.51. The Hall–Kier alpha value is -0.540. The molecule has 4 heteroatoms. The average Bonchev–Trinajstić information content (AvgIpc) is 2.75. The van der Waals surface area contributed by atoms with Crippen molar-refractivity contribution in [3.63, 3.8) is 0 Å². The summed E-state index contributed by atoms with van der Waals surface area (Å²) in [4.78, 5) is 0. The molecule has 1 heterocycles. The number of halogens is 1. The van der Waals surface area contributed by atoms with Crippen LogP contribution in [0.1, 0.15) is 64.8 Å². The van der Waals surface area contributed by atoms with Crippen LogP contribution in [0.4, 0.5) is 0 Å². The van der Waals surface area contributed by atoms with E-state index in [4.69, 9.17) is 17.3 Å². The molecule has 0 aliphatic carbocycles. The Labute approximate surface area is 128 Å². The first-order chi connectivity index (χ1) is 9.58. The van der Waals surface area contributed by atoms with E-state index >= 15 is 0 Å². The van der Waals surface area contributed by atoms with E-state index in [1.54, 1.807) is 0 Å². The summed E-state index contributed by atoms with van der Waals surface area (Å²) in [5.41, 5.74) is 8.58. The van der Waals surface area contributed by atoms with Crippen molar-refractivity contribution in [1.82, 2.24) is 9.78 Å². The van der Waals surface area contributed by atoms with Crippen LogP contribution in [0.15, 0.2) is 0 Å². The standard InChI is InChI=1S/C16H30ClN3/c1-5-9-12(10-6-2)13(18)11-15-16(17)14(7-3)19-20(15)8-4/h12-13H,5-11,18H2,1-4H3. The highest BCUT2D eigenvalue weighted by atomic mass is 35.5. The van der Waals surface area contributed by atoms with Gasteiger partial charge in [-0.25, -0.2) is 0 Å². The van der Waals surface area contributed by atoms with Crippen LogP contribution in [0.3, 0.4) is 0 Å². The first-order valence-corrected chi connectivity index (χ1v) is 8.46.